The topological polar surface area (TPSA) is 105 Å². The van der Waals surface area contributed by atoms with E-state index in [9.17, 15) is 26.9 Å². The van der Waals surface area contributed by atoms with Crippen molar-refractivity contribution in [1.29, 1.82) is 0 Å². The summed E-state index contributed by atoms with van der Waals surface area (Å²) in [4.78, 5) is 17.6. The summed E-state index contributed by atoms with van der Waals surface area (Å²) in [5.41, 5.74) is -0.629. The maximum absolute atomic E-state index is 14.8. The molecule has 13 heteroatoms. The second kappa shape index (κ2) is 12.5. The molecule has 47 heavy (non-hydrogen) atoms. The fourth-order valence-corrected chi connectivity index (χ4v) is 5.97. The number of pyridine rings is 1. The van der Waals surface area contributed by atoms with E-state index < -0.39 is 52.0 Å². The van der Waals surface area contributed by atoms with Crippen LogP contribution in [0.25, 0.3) is 11.3 Å². The molecule has 2 aromatic carbocycles. The minimum absolute atomic E-state index is 0.0237. The van der Waals surface area contributed by atoms with Gasteiger partial charge in [-0.25, -0.2) is 9.37 Å². The highest BCUT2D eigenvalue weighted by Gasteiger charge is 2.48. The summed E-state index contributed by atoms with van der Waals surface area (Å²) >= 11 is -1.60. The quantitative estimate of drug-likeness (QED) is 0.172. The van der Waals surface area contributed by atoms with Crippen LogP contribution in [0, 0.1) is 5.82 Å². The molecule has 2 fully saturated rings. The first-order chi connectivity index (χ1) is 22.1. The zero-order valence-electron chi connectivity index (χ0n) is 26.5. The number of benzene rings is 2. The molecule has 1 aromatic heterocycles. The second-order valence-corrected chi connectivity index (χ2v) is 15.4. The van der Waals surface area contributed by atoms with Gasteiger partial charge < -0.3 is 24.1 Å². The van der Waals surface area contributed by atoms with Crippen LogP contribution in [0.15, 0.2) is 48.5 Å². The first-order valence-electron chi connectivity index (χ1n) is 15.6. The summed E-state index contributed by atoms with van der Waals surface area (Å²) in [6, 6.07) is 11.1. The van der Waals surface area contributed by atoms with E-state index in [0.717, 1.165) is 25.7 Å². The number of alkyl halides is 3. The fraction of sp³-hybridized carbons (Fsp3) is 0.471. The van der Waals surface area contributed by atoms with Crippen molar-refractivity contribution >= 4 is 17.3 Å². The number of aromatic nitrogens is 1. The number of rotatable bonds is 11. The highest BCUT2D eigenvalue weighted by Crippen LogP contribution is 2.46. The molecule has 2 aliphatic carbocycles. The van der Waals surface area contributed by atoms with Gasteiger partial charge >= 0.3 is 6.18 Å². The normalized spacial score (nSPS) is 20.6. The van der Waals surface area contributed by atoms with Gasteiger partial charge in [0.15, 0.2) is 17.2 Å². The number of nitrogens with one attached hydrogen (secondary N) is 2. The van der Waals surface area contributed by atoms with Crippen LogP contribution in [0.1, 0.15) is 80.9 Å². The predicted octanol–water partition coefficient (Wildman–Crippen LogP) is 6.71. The Kier molecular flexibility index (Phi) is 8.86. The van der Waals surface area contributed by atoms with Crippen molar-refractivity contribution in [3.8, 4) is 28.5 Å². The van der Waals surface area contributed by atoms with Crippen LogP contribution in [-0.4, -0.2) is 51.7 Å². The zero-order chi connectivity index (χ0) is 33.7. The Morgan fingerprint density at radius 1 is 1.04 bits per heavy atom. The van der Waals surface area contributed by atoms with Crippen LogP contribution in [0.2, 0.25) is 0 Å². The van der Waals surface area contributed by atoms with E-state index in [1.54, 1.807) is 33.8 Å². The molecule has 1 aliphatic heterocycles. The second-order valence-electron chi connectivity index (χ2n) is 13.5. The van der Waals surface area contributed by atoms with Crippen molar-refractivity contribution in [2.24, 2.45) is 0 Å². The molecule has 3 unspecified atom stereocenters. The van der Waals surface area contributed by atoms with Gasteiger partial charge in [-0.2, -0.15) is 13.2 Å². The average Bonchev–Trinajstić information content (AvgIpc) is 3.93. The third kappa shape index (κ3) is 7.62. The van der Waals surface area contributed by atoms with E-state index in [2.05, 4.69) is 15.0 Å². The minimum Gasteiger partial charge on any atom is -0.598 e. The molecular formula is C34H37F4N3O5S. The Morgan fingerprint density at radius 2 is 1.68 bits per heavy atom. The number of ether oxygens (including phenoxy) is 3. The third-order valence-electron chi connectivity index (χ3n) is 8.15. The van der Waals surface area contributed by atoms with Crippen LogP contribution in [-0.2, 0) is 16.9 Å². The summed E-state index contributed by atoms with van der Waals surface area (Å²) < 4.78 is 91.5. The van der Waals surface area contributed by atoms with Crippen molar-refractivity contribution in [1.82, 2.24) is 15.0 Å². The standard InChI is InChI=1S/C34H37F4N3O5S/c1-32(2,3)47(43)41-33(4)18-44-30-24(33)16-26(40-29(30)19-5-8-21(35)9-6-19)25(34(36,37)38)17-39-31(42)20-7-14-27(45-22-10-11-22)28(15-20)46-23-12-13-23/h5-9,14-16,22-23,25,41H,10-13,17-18H2,1-4H3,(H,39,42). The third-order valence-corrected chi connectivity index (χ3v) is 9.89. The van der Waals surface area contributed by atoms with Gasteiger partial charge in [0.05, 0.1) is 17.9 Å². The number of hydrogen-bond donors (Lipinski definition) is 2. The SMILES string of the molecule is CC1(N[S+]([O-])C(C)(C)C)COc2c1cc(C(CNC(=O)c1ccc(OC3CC3)c(OC3CC3)c1)C(F)(F)F)nc2-c1ccc(F)cc1. The summed E-state index contributed by atoms with van der Waals surface area (Å²) in [6.45, 7) is 6.18. The molecule has 252 valence electrons. The molecule has 0 spiro atoms. The number of hydrogen-bond acceptors (Lipinski definition) is 7. The number of fused-ring (bicyclic) bond motifs is 1. The molecule has 6 rings (SSSR count). The Labute approximate surface area is 273 Å². The van der Waals surface area contributed by atoms with Gasteiger partial charge in [0.2, 0.25) is 0 Å². The lowest BCUT2D eigenvalue weighted by Crippen LogP contribution is -2.50. The van der Waals surface area contributed by atoms with Crippen LogP contribution in [0.3, 0.4) is 0 Å². The first kappa shape index (κ1) is 33.4. The first-order valence-corrected chi connectivity index (χ1v) is 16.7. The molecule has 2 N–H and O–H groups in total. The van der Waals surface area contributed by atoms with E-state index in [4.69, 9.17) is 14.2 Å². The number of halogens is 4. The monoisotopic (exact) mass is 675 g/mol. The molecular weight excluding hydrogens is 638 g/mol. The minimum atomic E-state index is -4.81. The smallest absolute Gasteiger partial charge is 0.398 e. The maximum Gasteiger partial charge on any atom is 0.398 e. The lowest BCUT2D eigenvalue weighted by Gasteiger charge is -2.31. The highest BCUT2D eigenvalue weighted by atomic mass is 32.2. The van der Waals surface area contributed by atoms with Crippen LogP contribution in [0.5, 0.6) is 17.2 Å². The molecule has 2 heterocycles. The van der Waals surface area contributed by atoms with Crippen molar-refractivity contribution < 1.29 is 41.1 Å². The van der Waals surface area contributed by atoms with E-state index in [0.29, 0.717) is 22.6 Å². The van der Waals surface area contributed by atoms with E-state index in [1.165, 1.54) is 42.5 Å². The van der Waals surface area contributed by atoms with Gasteiger partial charge in [-0.05, 0) is 102 Å². The lowest BCUT2D eigenvalue weighted by molar-refractivity contribution is -0.149. The van der Waals surface area contributed by atoms with Crippen molar-refractivity contribution in [2.45, 2.75) is 88.0 Å². The molecule has 3 aliphatic rings. The molecule has 3 atom stereocenters. The zero-order valence-corrected chi connectivity index (χ0v) is 27.3. The molecule has 3 aromatic rings. The summed E-state index contributed by atoms with van der Waals surface area (Å²) in [5.74, 6) is -2.35. The number of carbonyl (C=O) groups excluding carboxylic acids is 1. The number of amides is 1. The highest BCUT2D eigenvalue weighted by molar-refractivity contribution is 7.90. The summed E-state index contributed by atoms with van der Waals surface area (Å²) in [5, 5.41) is 2.44. The Bertz CT molecular complexity index is 1640. The van der Waals surface area contributed by atoms with Gasteiger partial charge in [-0.1, -0.05) is 0 Å². The molecule has 1 amide bonds. The van der Waals surface area contributed by atoms with E-state index in [-0.39, 0.29) is 41.5 Å². The van der Waals surface area contributed by atoms with Gasteiger partial charge in [0.25, 0.3) is 5.91 Å². The molecule has 0 saturated heterocycles. The van der Waals surface area contributed by atoms with Crippen molar-refractivity contribution in [3.05, 3.63) is 71.2 Å². The van der Waals surface area contributed by atoms with Gasteiger partial charge in [0.1, 0.15) is 34.3 Å². The number of carbonyl (C=O) groups is 1. The summed E-state index contributed by atoms with van der Waals surface area (Å²) in [7, 11) is 0. The van der Waals surface area contributed by atoms with Crippen LogP contribution >= 0.6 is 0 Å². The van der Waals surface area contributed by atoms with Gasteiger partial charge in [-0.3, -0.25) is 4.79 Å². The Morgan fingerprint density at radius 3 is 2.28 bits per heavy atom. The van der Waals surface area contributed by atoms with Crippen molar-refractivity contribution in [2.75, 3.05) is 13.2 Å². The predicted molar refractivity (Wildman–Crippen MR) is 168 cm³/mol. The largest absolute Gasteiger partial charge is 0.598 e. The van der Waals surface area contributed by atoms with Crippen molar-refractivity contribution in [3.63, 3.8) is 0 Å². The maximum atomic E-state index is 14.8. The number of nitrogens with zero attached hydrogens (tertiary/aromatic N) is 1. The fourth-order valence-electron chi connectivity index (χ4n) is 5.08. The van der Waals surface area contributed by atoms with E-state index in [1.807, 2.05) is 0 Å². The van der Waals surface area contributed by atoms with Crippen LogP contribution < -0.4 is 24.2 Å². The van der Waals surface area contributed by atoms with Gasteiger partial charge in [0, 0.05) is 34.6 Å². The lowest BCUT2D eigenvalue weighted by atomic mass is 9.91. The molecule has 8 nitrogen and oxygen atoms in total. The van der Waals surface area contributed by atoms with E-state index >= 15 is 0 Å². The van der Waals surface area contributed by atoms with Gasteiger partial charge in [-0.15, -0.1) is 4.72 Å². The molecule has 0 radical (unpaired) electrons. The summed E-state index contributed by atoms with van der Waals surface area (Å²) in [6.07, 6.45) is -1.07. The molecule has 2 saturated carbocycles. The Hall–Kier alpha value is -3.55. The Balaban J connectivity index is 1.32. The molecule has 0 bridgehead atoms. The van der Waals surface area contributed by atoms with Crippen LogP contribution in [0.4, 0.5) is 17.6 Å². The average molecular weight is 676 g/mol.